The highest BCUT2D eigenvalue weighted by Crippen LogP contribution is 2.24. The number of pyridine rings is 1. The summed E-state index contributed by atoms with van der Waals surface area (Å²) in [5.41, 5.74) is 0.805. The second-order valence-corrected chi connectivity index (χ2v) is 4.93. The molecular formula is C13H13BrN4O2. The van der Waals surface area contributed by atoms with Crippen molar-refractivity contribution < 1.29 is 4.92 Å². The summed E-state index contributed by atoms with van der Waals surface area (Å²) in [6.07, 6.45) is 0. The topological polar surface area (TPSA) is 80.1 Å². The summed E-state index contributed by atoms with van der Waals surface area (Å²) < 4.78 is 0.961. The van der Waals surface area contributed by atoms with E-state index in [2.05, 4.69) is 31.5 Å². The van der Waals surface area contributed by atoms with Crippen LogP contribution in [-0.2, 0) is 0 Å². The molecule has 1 heterocycles. The van der Waals surface area contributed by atoms with Gasteiger partial charge in [-0.2, -0.15) is 0 Å². The van der Waals surface area contributed by atoms with Crippen molar-refractivity contribution in [3.63, 3.8) is 0 Å². The molecule has 0 spiro atoms. The number of nitrogens with zero attached hydrogens (tertiary/aromatic N) is 2. The lowest BCUT2D eigenvalue weighted by atomic mass is 10.3. The molecule has 1 aromatic heterocycles. The second-order valence-electron chi connectivity index (χ2n) is 4.02. The van der Waals surface area contributed by atoms with Gasteiger partial charge in [-0.3, -0.25) is 10.1 Å². The number of halogens is 1. The fourth-order valence-corrected chi connectivity index (χ4v) is 1.90. The van der Waals surface area contributed by atoms with E-state index in [1.165, 1.54) is 12.1 Å². The van der Waals surface area contributed by atoms with Gasteiger partial charge < -0.3 is 10.6 Å². The number of anilines is 3. The first-order chi connectivity index (χ1) is 9.58. The highest BCUT2D eigenvalue weighted by Gasteiger charge is 2.11. The number of nitro groups is 1. The third kappa shape index (κ3) is 3.67. The lowest BCUT2D eigenvalue weighted by Crippen LogP contribution is -2.03. The van der Waals surface area contributed by atoms with Gasteiger partial charge in [0.15, 0.2) is 0 Å². The van der Waals surface area contributed by atoms with E-state index >= 15 is 0 Å². The summed E-state index contributed by atoms with van der Waals surface area (Å²) in [6.45, 7) is 2.55. The zero-order chi connectivity index (χ0) is 14.5. The Morgan fingerprint density at radius 3 is 2.50 bits per heavy atom. The maximum atomic E-state index is 10.9. The van der Waals surface area contributed by atoms with Crippen LogP contribution in [0.2, 0.25) is 0 Å². The Morgan fingerprint density at radius 1 is 1.25 bits per heavy atom. The maximum Gasteiger partial charge on any atom is 0.276 e. The van der Waals surface area contributed by atoms with Crippen LogP contribution in [0.5, 0.6) is 0 Å². The van der Waals surface area contributed by atoms with Crippen LogP contribution in [0.25, 0.3) is 0 Å². The van der Waals surface area contributed by atoms with E-state index in [0.717, 1.165) is 10.2 Å². The van der Waals surface area contributed by atoms with Gasteiger partial charge in [-0.15, -0.1) is 0 Å². The molecule has 0 saturated heterocycles. The molecule has 7 heteroatoms. The van der Waals surface area contributed by atoms with Crippen molar-refractivity contribution in [3.8, 4) is 0 Å². The molecule has 20 heavy (non-hydrogen) atoms. The molecule has 0 bridgehead atoms. The fraction of sp³-hybridized carbons (Fsp3) is 0.154. The predicted octanol–water partition coefficient (Wildman–Crippen LogP) is 3.93. The molecule has 0 radical (unpaired) electrons. The lowest BCUT2D eigenvalue weighted by Gasteiger charge is -2.08. The smallest absolute Gasteiger partial charge is 0.276 e. The van der Waals surface area contributed by atoms with Gasteiger partial charge in [0, 0.05) is 16.7 Å². The van der Waals surface area contributed by atoms with E-state index in [4.69, 9.17) is 0 Å². The van der Waals surface area contributed by atoms with Crippen LogP contribution < -0.4 is 10.6 Å². The molecule has 2 rings (SSSR count). The van der Waals surface area contributed by atoms with Crippen LogP contribution in [0.15, 0.2) is 40.9 Å². The van der Waals surface area contributed by atoms with Crippen molar-refractivity contribution in [2.75, 3.05) is 17.2 Å². The van der Waals surface area contributed by atoms with Gasteiger partial charge in [0.05, 0.1) is 17.1 Å². The molecule has 0 unspecified atom stereocenters. The van der Waals surface area contributed by atoms with Crippen molar-refractivity contribution in [1.29, 1.82) is 0 Å². The van der Waals surface area contributed by atoms with E-state index in [-0.39, 0.29) is 5.69 Å². The fourth-order valence-electron chi connectivity index (χ4n) is 1.64. The zero-order valence-corrected chi connectivity index (χ0v) is 12.3. The largest absolute Gasteiger partial charge is 0.370 e. The van der Waals surface area contributed by atoms with Gasteiger partial charge in [-0.05, 0) is 31.2 Å². The molecule has 0 aliphatic carbocycles. The van der Waals surface area contributed by atoms with Crippen LogP contribution in [-0.4, -0.2) is 16.5 Å². The summed E-state index contributed by atoms with van der Waals surface area (Å²) >= 11 is 3.35. The Kier molecular flexibility index (Phi) is 4.52. The van der Waals surface area contributed by atoms with E-state index in [0.29, 0.717) is 18.2 Å². The predicted molar refractivity (Wildman–Crippen MR) is 82.5 cm³/mol. The lowest BCUT2D eigenvalue weighted by molar-refractivity contribution is -0.384. The quantitative estimate of drug-likeness (QED) is 0.638. The molecule has 2 N–H and O–H groups in total. The third-order valence-corrected chi connectivity index (χ3v) is 3.02. The van der Waals surface area contributed by atoms with Crippen LogP contribution in [0.4, 0.5) is 23.0 Å². The van der Waals surface area contributed by atoms with E-state index in [9.17, 15) is 10.1 Å². The molecule has 0 fully saturated rings. The van der Waals surface area contributed by atoms with E-state index < -0.39 is 4.92 Å². The minimum Gasteiger partial charge on any atom is -0.370 e. The maximum absolute atomic E-state index is 10.9. The number of benzene rings is 1. The Labute approximate surface area is 124 Å². The molecule has 0 aliphatic heterocycles. The molecule has 0 aliphatic rings. The van der Waals surface area contributed by atoms with E-state index in [1.807, 2.05) is 31.2 Å². The summed E-state index contributed by atoms with van der Waals surface area (Å²) in [4.78, 5) is 14.8. The number of aromatic nitrogens is 1. The highest BCUT2D eigenvalue weighted by atomic mass is 79.9. The van der Waals surface area contributed by atoms with Gasteiger partial charge in [0.25, 0.3) is 5.69 Å². The SMILES string of the molecule is CCNc1cc([N+](=O)[O-])cc(Nc2ccc(Br)cc2)n1. The highest BCUT2D eigenvalue weighted by molar-refractivity contribution is 9.10. The van der Waals surface area contributed by atoms with Crippen LogP contribution in [0, 0.1) is 10.1 Å². The third-order valence-electron chi connectivity index (χ3n) is 2.50. The Bertz CT molecular complexity index is 616. The van der Waals surface area contributed by atoms with Crippen LogP contribution in [0.1, 0.15) is 6.92 Å². The average Bonchev–Trinajstić information content (AvgIpc) is 2.41. The minimum atomic E-state index is -0.435. The summed E-state index contributed by atoms with van der Waals surface area (Å²) in [6, 6.07) is 10.3. The number of hydrogen-bond acceptors (Lipinski definition) is 5. The molecule has 0 amide bonds. The van der Waals surface area contributed by atoms with Gasteiger partial charge in [0.1, 0.15) is 11.6 Å². The standard InChI is InChI=1S/C13H13BrN4O2/c1-2-15-12-7-11(18(19)20)8-13(17-12)16-10-5-3-9(14)4-6-10/h3-8H,2H2,1H3,(H2,15,16,17). The van der Waals surface area contributed by atoms with Crippen molar-refractivity contribution in [1.82, 2.24) is 4.98 Å². The molecule has 0 saturated carbocycles. The number of nitrogens with one attached hydrogen (secondary N) is 2. The molecular weight excluding hydrogens is 324 g/mol. The van der Waals surface area contributed by atoms with Crippen molar-refractivity contribution in [2.24, 2.45) is 0 Å². The first kappa shape index (κ1) is 14.3. The van der Waals surface area contributed by atoms with Gasteiger partial charge >= 0.3 is 0 Å². The van der Waals surface area contributed by atoms with Crippen LogP contribution >= 0.6 is 15.9 Å². The molecule has 2 aromatic rings. The number of rotatable bonds is 5. The minimum absolute atomic E-state index is 0.00411. The van der Waals surface area contributed by atoms with Crippen LogP contribution in [0.3, 0.4) is 0 Å². The first-order valence-corrected chi connectivity index (χ1v) is 6.80. The summed E-state index contributed by atoms with van der Waals surface area (Å²) in [5.74, 6) is 0.902. The van der Waals surface area contributed by atoms with Crippen molar-refractivity contribution >= 4 is 38.9 Å². The molecule has 6 nitrogen and oxygen atoms in total. The summed E-state index contributed by atoms with van der Waals surface area (Å²) in [7, 11) is 0. The van der Waals surface area contributed by atoms with Crippen molar-refractivity contribution in [2.45, 2.75) is 6.92 Å². The Hall–Kier alpha value is -2.15. The second kappa shape index (κ2) is 6.33. The molecule has 104 valence electrons. The zero-order valence-electron chi connectivity index (χ0n) is 10.8. The summed E-state index contributed by atoms with van der Waals surface area (Å²) in [5, 5.41) is 16.9. The Morgan fingerprint density at radius 2 is 1.90 bits per heavy atom. The number of hydrogen-bond donors (Lipinski definition) is 2. The normalized spacial score (nSPS) is 10.1. The monoisotopic (exact) mass is 336 g/mol. The first-order valence-electron chi connectivity index (χ1n) is 6.01. The molecule has 1 aromatic carbocycles. The van der Waals surface area contributed by atoms with Crippen molar-refractivity contribution in [3.05, 3.63) is 51.0 Å². The van der Waals surface area contributed by atoms with E-state index in [1.54, 1.807) is 0 Å². The molecule has 0 atom stereocenters. The van der Waals surface area contributed by atoms with Gasteiger partial charge in [-0.25, -0.2) is 4.98 Å². The van der Waals surface area contributed by atoms with Gasteiger partial charge in [-0.1, -0.05) is 15.9 Å². The van der Waals surface area contributed by atoms with Gasteiger partial charge in [0.2, 0.25) is 0 Å². The Balaban J connectivity index is 2.29. The average molecular weight is 337 g/mol.